The fraction of sp³-hybridized carbons (Fsp3) is 0.462. The fourth-order valence-electron chi connectivity index (χ4n) is 2.06. The number of carbonyl (C=O) groups is 1. The summed E-state index contributed by atoms with van der Waals surface area (Å²) < 4.78 is 11.2. The third-order valence-electron chi connectivity index (χ3n) is 3.13. The summed E-state index contributed by atoms with van der Waals surface area (Å²) in [5.41, 5.74) is 0.819. The second-order valence-corrected chi connectivity index (χ2v) is 5.88. The van der Waals surface area contributed by atoms with E-state index in [-0.39, 0.29) is 30.0 Å². The average Bonchev–Trinajstić information content (AvgIpc) is 2.33. The molecule has 4 nitrogen and oxygen atoms in total. The molecule has 0 spiro atoms. The molecule has 1 saturated heterocycles. The molecule has 1 heterocycles. The van der Waals surface area contributed by atoms with Gasteiger partial charge in [0.2, 0.25) is 0 Å². The first kappa shape index (κ1) is 16.1. The van der Waals surface area contributed by atoms with Gasteiger partial charge in [0.15, 0.2) is 0 Å². The first-order valence-corrected chi connectivity index (χ1v) is 6.50. The van der Waals surface area contributed by atoms with Crippen LogP contribution in [0.25, 0.3) is 0 Å². The van der Waals surface area contributed by atoms with E-state index in [9.17, 15) is 4.79 Å². The predicted molar refractivity (Wildman–Crippen MR) is 78.9 cm³/mol. The van der Waals surface area contributed by atoms with Gasteiger partial charge in [0.25, 0.3) is 0 Å². The van der Waals surface area contributed by atoms with Gasteiger partial charge in [-0.25, -0.2) is 4.79 Å². The van der Waals surface area contributed by atoms with Crippen LogP contribution in [0.4, 0.5) is 4.79 Å². The van der Waals surface area contributed by atoms with E-state index < -0.39 is 0 Å². The third kappa shape index (κ3) is 3.34. The van der Waals surface area contributed by atoms with Gasteiger partial charge in [0, 0.05) is 9.89 Å². The van der Waals surface area contributed by atoms with Gasteiger partial charge in [0.05, 0.1) is 13.2 Å². The minimum Gasteiger partial charge on any atom is -0.497 e. The summed E-state index contributed by atoms with van der Waals surface area (Å²) in [6.07, 6.45) is -0.381. The summed E-state index contributed by atoms with van der Waals surface area (Å²) in [4.78, 5) is 11.4. The second kappa shape index (κ2) is 6.01. The van der Waals surface area contributed by atoms with Gasteiger partial charge in [-0.3, -0.25) is 0 Å². The molecule has 1 aromatic rings. The first-order valence-electron chi connectivity index (χ1n) is 5.71. The van der Waals surface area contributed by atoms with E-state index in [1.807, 2.05) is 18.2 Å². The number of ether oxygens (including phenoxy) is 2. The Hall–Kier alpha value is -0.940. The maximum Gasteiger partial charge on any atom is 0.407 e. The normalized spacial score (nSPS) is 20.8. The lowest BCUT2D eigenvalue weighted by atomic mass is 9.80. The van der Waals surface area contributed by atoms with Crippen LogP contribution >= 0.6 is 28.3 Å². The Balaban J connectivity index is 0.00000180. The van der Waals surface area contributed by atoms with E-state index >= 15 is 0 Å². The molecule has 0 radical (unpaired) electrons. The van der Waals surface area contributed by atoms with Crippen LogP contribution in [-0.2, 0) is 4.74 Å². The maximum absolute atomic E-state index is 11.4. The molecule has 0 bridgehead atoms. The molecule has 0 unspecified atom stereocenters. The molecule has 1 aliphatic rings. The van der Waals surface area contributed by atoms with Crippen LogP contribution in [0.1, 0.15) is 25.5 Å². The number of carbonyl (C=O) groups excluding carboxylic acids is 1. The molecule has 1 N–H and O–H groups in total. The number of hydrogen-bond acceptors (Lipinski definition) is 3. The minimum atomic E-state index is -0.381. The van der Waals surface area contributed by atoms with E-state index in [4.69, 9.17) is 9.47 Å². The number of rotatable bonds is 2. The number of methoxy groups -OCH3 is 1. The minimum absolute atomic E-state index is 0. The van der Waals surface area contributed by atoms with Crippen molar-refractivity contribution in [2.24, 2.45) is 5.41 Å². The van der Waals surface area contributed by atoms with Crippen molar-refractivity contribution in [2.75, 3.05) is 13.7 Å². The molecule has 1 atom stereocenters. The summed E-state index contributed by atoms with van der Waals surface area (Å²) in [5, 5.41) is 2.87. The highest BCUT2D eigenvalue weighted by Gasteiger charge is 2.38. The fourth-order valence-corrected chi connectivity index (χ4v) is 2.53. The van der Waals surface area contributed by atoms with E-state index in [0.717, 1.165) is 15.8 Å². The van der Waals surface area contributed by atoms with Crippen LogP contribution in [0.2, 0.25) is 0 Å². The zero-order valence-electron chi connectivity index (χ0n) is 11.0. The van der Waals surface area contributed by atoms with Gasteiger partial charge in [-0.15, -0.1) is 12.4 Å². The molecule has 1 aromatic carbocycles. The van der Waals surface area contributed by atoms with E-state index in [1.165, 1.54) is 0 Å². The Morgan fingerprint density at radius 2 is 2.16 bits per heavy atom. The number of nitrogens with one attached hydrogen (secondary N) is 1. The van der Waals surface area contributed by atoms with Crippen molar-refractivity contribution >= 4 is 34.4 Å². The monoisotopic (exact) mass is 349 g/mol. The predicted octanol–water partition coefficient (Wildman–Crippen LogP) is 3.69. The van der Waals surface area contributed by atoms with Crippen molar-refractivity contribution in [3.8, 4) is 5.75 Å². The smallest absolute Gasteiger partial charge is 0.407 e. The summed E-state index contributed by atoms with van der Waals surface area (Å²) in [6, 6.07) is 5.62. The molecular formula is C13H17BrClNO3. The van der Waals surface area contributed by atoms with Crippen LogP contribution in [0.3, 0.4) is 0 Å². The van der Waals surface area contributed by atoms with Gasteiger partial charge in [0.1, 0.15) is 12.4 Å². The van der Waals surface area contributed by atoms with Crippen molar-refractivity contribution in [2.45, 2.75) is 19.9 Å². The highest BCUT2D eigenvalue weighted by molar-refractivity contribution is 9.10. The van der Waals surface area contributed by atoms with Crippen LogP contribution in [0.5, 0.6) is 5.75 Å². The number of benzene rings is 1. The molecule has 2 rings (SSSR count). The van der Waals surface area contributed by atoms with Crippen LogP contribution < -0.4 is 10.1 Å². The molecule has 0 saturated carbocycles. The summed E-state index contributed by atoms with van der Waals surface area (Å²) in [5.74, 6) is 0.768. The number of halogens is 2. The third-order valence-corrected chi connectivity index (χ3v) is 3.86. The molecule has 1 fully saturated rings. The largest absolute Gasteiger partial charge is 0.497 e. The molecule has 0 aromatic heterocycles. The highest BCUT2D eigenvalue weighted by Crippen LogP contribution is 2.40. The van der Waals surface area contributed by atoms with Crippen molar-refractivity contribution in [1.29, 1.82) is 0 Å². The molecule has 1 amide bonds. The summed E-state index contributed by atoms with van der Waals surface area (Å²) in [6.45, 7) is 4.51. The Morgan fingerprint density at radius 1 is 1.47 bits per heavy atom. The number of amides is 1. The molecule has 0 aliphatic carbocycles. The Bertz CT molecular complexity index is 479. The van der Waals surface area contributed by atoms with Crippen LogP contribution in [0.15, 0.2) is 22.7 Å². The standard InChI is InChI=1S/C13H16BrNO3.ClH/c1-13(2)7-18-12(16)15-11(13)9-6-8(17-3)4-5-10(9)14;/h4-6,11H,7H2,1-3H3,(H,15,16);1H/t11-;/m0./s1. The SMILES string of the molecule is COc1ccc(Br)c([C@@H]2NC(=O)OCC2(C)C)c1.Cl. The Morgan fingerprint density at radius 3 is 2.79 bits per heavy atom. The van der Waals surface area contributed by atoms with Crippen molar-refractivity contribution in [3.63, 3.8) is 0 Å². The van der Waals surface area contributed by atoms with E-state index in [0.29, 0.717) is 6.61 Å². The Labute approximate surface area is 127 Å². The summed E-state index contributed by atoms with van der Waals surface area (Å²) in [7, 11) is 1.63. The molecular weight excluding hydrogens is 334 g/mol. The van der Waals surface area contributed by atoms with Gasteiger partial charge in [-0.2, -0.15) is 0 Å². The molecule has 6 heteroatoms. The number of cyclic esters (lactones) is 1. The summed E-state index contributed by atoms with van der Waals surface area (Å²) >= 11 is 3.52. The van der Waals surface area contributed by atoms with Crippen molar-refractivity contribution in [3.05, 3.63) is 28.2 Å². The lowest BCUT2D eigenvalue weighted by molar-refractivity contribution is 0.0385. The first-order chi connectivity index (χ1) is 8.44. The van der Waals surface area contributed by atoms with E-state index in [1.54, 1.807) is 7.11 Å². The lowest BCUT2D eigenvalue weighted by Crippen LogP contribution is -2.47. The van der Waals surface area contributed by atoms with E-state index in [2.05, 4.69) is 35.1 Å². The highest BCUT2D eigenvalue weighted by atomic mass is 79.9. The molecule has 19 heavy (non-hydrogen) atoms. The quantitative estimate of drug-likeness (QED) is 0.885. The van der Waals surface area contributed by atoms with Gasteiger partial charge in [-0.1, -0.05) is 29.8 Å². The van der Waals surface area contributed by atoms with Gasteiger partial charge < -0.3 is 14.8 Å². The number of alkyl carbamates (subject to hydrolysis) is 1. The molecule has 106 valence electrons. The Kier molecular flexibility index (Phi) is 5.10. The van der Waals surface area contributed by atoms with Crippen molar-refractivity contribution < 1.29 is 14.3 Å². The second-order valence-electron chi connectivity index (χ2n) is 5.03. The lowest BCUT2D eigenvalue weighted by Gasteiger charge is -2.39. The zero-order chi connectivity index (χ0) is 13.3. The maximum atomic E-state index is 11.4. The van der Waals surface area contributed by atoms with Gasteiger partial charge in [-0.05, 0) is 23.8 Å². The van der Waals surface area contributed by atoms with Crippen molar-refractivity contribution in [1.82, 2.24) is 5.32 Å². The van der Waals surface area contributed by atoms with Crippen LogP contribution in [0, 0.1) is 5.41 Å². The topological polar surface area (TPSA) is 47.6 Å². The average molecular weight is 351 g/mol. The zero-order valence-corrected chi connectivity index (χ0v) is 13.4. The number of hydrogen-bond donors (Lipinski definition) is 1. The van der Waals surface area contributed by atoms with Crippen LogP contribution in [-0.4, -0.2) is 19.8 Å². The molecule has 1 aliphatic heterocycles. The van der Waals surface area contributed by atoms with Gasteiger partial charge >= 0.3 is 6.09 Å².